The van der Waals surface area contributed by atoms with E-state index in [0.717, 1.165) is 90.8 Å². The number of aromatic nitrogens is 3. The summed E-state index contributed by atoms with van der Waals surface area (Å²) in [6.45, 7) is 13.9. The maximum absolute atomic E-state index is 6.30. The zero-order valence-corrected chi connectivity index (χ0v) is 38.8. The number of benzene rings is 4. The van der Waals surface area contributed by atoms with Gasteiger partial charge in [0.25, 0.3) is 0 Å². The Morgan fingerprint density at radius 3 is 2.03 bits per heavy atom. The predicted octanol–water partition coefficient (Wildman–Crippen LogP) is 13.7. The zero-order valence-electron chi connectivity index (χ0n) is 35.4. The van der Waals surface area contributed by atoms with E-state index in [2.05, 4.69) is 126 Å². The van der Waals surface area contributed by atoms with Crippen LogP contribution in [0.4, 0.5) is 0 Å². The third-order valence-electron chi connectivity index (χ3n) is 11.8. The van der Waals surface area contributed by atoms with Gasteiger partial charge in [-0.1, -0.05) is 153 Å². The van der Waals surface area contributed by atoms with Crippen molar-refractivity contribution < 1.29 is 28.9 Å². The van der Waals surface area contributed by atoms with Gasteiger partial charge in [0.1, 0.15) is 5.58 Å². The molecule has 0 bridgehead atoms. The smallest absolute Gasteiger partial charge is 0.216 e. The summed E-state index contributed by atoms with van der Waals surface area (Å²) < 4.78 is 12.5. The number of rotatable bonds is 8. The standard InChI is InChI=1S/C29H25N2O.C24H26NOSi.Ir/c1-19-16-27(30-18-22(19)17-20-8-5-6-9-20)25-13-7-12-23-24-14-15-26(21-10-3-2-4-11-21)31-29(24)32-28(23)25;1-16(2)13-17-14-21(25-15-23(17)27(3,4)5)20-11-8-10-19-18-9-6-7-12-22(18)26-24(19)20;/h2-4,7,10-12,14-16,18,20H,5-6,8-9,17H2,1H3;6-10,12,14-16H,13H2,1-5H3;/q2*-1;. The Hall–Kier alpha value is -5.20. The maximum atomic E-state index is 6.30. The summed E-state index contributed by atoms with van der Waals surface area (Å²) in [5.41, 5.74) is 13.0. The van der Waals surface area contributed by atoms with Crippen molar-refractivity contribution >= 4 is 57.3 Å². The number of fused-ring (bicyclic) bond motifs is 6. The summed E-state index contributed by atoms with van der Waals surface area (Å²) in [7, 11) is -1.44. The van der Waals surface area contributed by atoms with E-state index in [1.807, 2.05) is 42.5 Å². The van der Waals surface area contributed by atoms with Crippen molar-refractivity contribution in [2.45, 2.75) is 78.9 Å². The van der Waals surface area contributed by atoms with E-state index in [4.69, 9.17) is 23.8 Å². The van der Waals surface area contributed by atoms with Gasteiger partial charge in [0, 0.05) is 48.8 Å². The molecular weight excluding hydrogens is 931 g/mol. The van der Waals surface area contributed by atoms with Crippen LogP contribution < -0.4 is 5.19 Å². The summed E-state index contributed by atoms with van der Waals surface area (Å²) in [6, 6.07) is 41.8. The van der Waals surface area contributed by atoms with Gasteiger partial charge in [0.05, 0.1) is 24.9 Å². The molecule has 0 unspecified atom stereocenters. The van der Waals surface area contributed by atoms with E-state index in [1.54, 1.807) is 0 Å². The molecular formula is C53H51IrN3O2Si-2. The SMILES string of the molecule is CC(C)Cc1cc(-c2[c-]ccc3c2oc2ccccc23)ncc1[Si](C)(C)C.Cc1cc(-c2[c-]ccc3c2oc2nc(-c4ccccc4)ccc23)ncc1CC1CCCC1.[Ir]. The Morgan fingerprint density at radius 2 is 1.33 bits per heavy atom. The molecule has 60 heavy (non-hydrogen) atoms. The van der Waals surface area contributed by atoms with Gasteiger partial charge in [0.15, 0.2) is 0 Å². The quantitative estimate of drug-likeness (QED) is 0.112. The monoisotopic (exact) mass is 982 g/mol. The molecule has 10 rings (SSSR count). The first-order valence-electron chi connectivity index (χ1n) is 21.2. The molecule has 305 valence electrons. The van der Waals surface area contributed by atoms with Gasteiger partial charge < -0.3 is 18.8 Å². The molecule has 0 aliphatic heterocycles. The molecule has 5 aromatic heterocycles. The number of nitrogens with zero attached hydrogens (tertiary/aromatic N) is 3. The normalized spacial score (nSPS) is 13.3. The minimum Gasteiger partial charge on any atom is -0.501 e. The summed E-state index contributed by atoms with van der Waals surface area (Å²) in [5.74, 6) is 1.43. The van der Waals surface area contributed by atoms with Crippen molar-refractivity contribution in [3.8, 4) is 33.8 Å². The van der Waals surface area contributed by atoms with E-state index in [1.165, 1.54) is 47.6 Å². The van der Waals surface area contributed by atoms with Crippen molar-refractivity contribution in [1.82, 2.24) is 15.0 Å². The van der Waals surface area contributed by atoms with Crippen molar-refractivity contribution in [1.29, 1.82) is 0 Å². The van der Waals surface area contributed by atoms with Crippen LogP contribution in [-0.4, -0.2) is 23.0 Å². The van der Waals surface area contributed by atoms with Gasteiger partial charge in [0.2, 0.25) is 5.71 Å². The van der Waals surface area contributed by atoms with Crippen LogP contribution >= 0.6 is 0 Å². The van der Waals surface area contributed by atoms with Crippen molar-refractivity contribution in [2.24, 2.45) is 11.8 Å². The molecule has 1 aliphatic carbocycles. The second-order valence-corrected chi connectivity index (χ2v) is 22.8. The van der Waals surface area contributed by atoms with Crippen LogP contribution in [0.15, 0.2) is 124 Å². The first kappa shape index (κ1) is 41.5. The Morgan fingerprint density at radius 1 is 0.683 bits per heavy atom. The number of furan rings is 2. The topological polar surface area (TPSA) is 65.0 Å². The van der Waals surface area contributed by atoms with Crippen LogP contribution in [0, 0.1) is 30.9 Å². The van der Waals surface area contributed by atoms with Crippen molar-refractivity contribution in [3.63, 3.8) is 0 Å². The van der Waals surface area contributed by atoms with Crippen molar-refractivity contribution in [2.75, 3.05) is 0 Å². The third kappa shape index (κ3) is 8.41. The molecule has 1 fully saturated rings. The molecule has 0 amide bonds. The van der Waals surface area contributed by atoms with Crippen LogP contribution in [0.5, 0.6) is 0 Å². The molecule has 0 atom stereocenters. The maximum Gasteiger partial charge on any atom is 0.216 e. The molecule has 7 heteroatoms. The van der Waals surface area contributed by atoms with Gasteiger partial charge in [-0.15, -0.1) is 36.4 Å². The van der Waals surface area contributed by atoms with Gasteiger partial charge in [-0.25, -0.2) is 4.98 Å². The Bertz CT molecular complexity index is 2940. The molecule has 5 heterocycles. The van der Waals surface area contributed by atoms with E-state index < -0.39 is 8.07 Å². The number of hydrogen-bond acceptors (Lipinski definition) is 5. The third-order valence-corrected chi connectivity index (χ3v) is 13.9. The summed E-state index contributed by atoms with van der Waals surface area (Å²) in [6.07, 6.45) is 11.8. The van der Waals surface area contributed by atoms with Crippen LogP contribution in [-0.2, 0) is 32.9 Å². The average molecular weight is 982 g/mol. The fourth-order valence-electron chi connectivity index (χ4n) is 8.84. The van der Waals surface area contributed by atoms with E-state index in [0.29, 0.717) is 11.6 Å². The minimum absolute atomic E-state index is 0. The first-order valence-corrected chi connectivity index (χ1v) is 24.7. The fraction of sp³-hybridized carbons (Fsp3) is 0.264. The average Bonchev–Trinajstić information content (AvgIpc) is 3.99. The number of hydrogen-bond donors (Lipinski definition) is 0. The summed E-state index contributed by atoms with van der Waals surface area (Å²) in [4.78, 5) is 14.5. The van der Waals surface area contributed by atoms with E-state index >= 15 is 0 Å². The van der Waals surface area contributed by atoms with Crippen molar-refractivity contribution in [3.05, 3.63) is 144 Å². The Labute approximate surface area is 368 Å². The molecule has 9 aromatic rings. The molecule has 0 saturated heterocycles. The fourth-order valence-corrected chi connectivity index (χ4v) is 10.4. The van der Waals surface area contributed by atoms with Crippen LogP contribution in [0.25, 0.3) is 77.8 Å². The Balaban J connectivity index is 0.000000166. The van der Waals surface area contributed by atoms with Gasteiger partial charge in [-0.05, 0) is 71.9 Å². The molecule has 1 aliphatic rings. The molecule has 1 radical (unpaired) electrons. The minimum atomic E-state index is -1.44. The largest absolute Gasteiger partial charge is 0.501 e. The number of pyridine rings is 3. The van der Waals surface area contributed by atoms with E-state index in [9.17, 15) is 0 Å². The first-order chi connectivity index (χ1) is 28.6. The predicted molar refractivity (Wildman–Crippen MR) is 247 cm³/mol. The number of aryl methyl sites for hydroxylation is 1. The zero-order chi connectivity index (χ0) is 40.7. The van der Waals surface area contributed by atoms with Crippen LogP contribution in [0.2, 0.25) is 19.6 Å². The van der Waals surface area contributed by atoms with Gasteiger partial charge in [-0.3, -0.25) is 0 Å². The molecule has 0 N–H and O–H groups in total. The van der Waals surface area contributed by atoms with Gasteiger partial charge >= 0.3 is 0 Å². The molecule has 0 spiro atoms. The molecule has 4 aromatic carbocycles. The van der Waals surface area contributed by atoms with Crippen LogP contribution in [0.1, 0.15) is 56.2 Å². The molecule has 5 nitrogen and oxygen atoms in total. The second-order valence-electron chi connectivity index (χ2n) is 17.7. The van der Waals surface area contributed by atoms with Crippen LogP contribution in [0.3, 0.4) is 0 Å². The number of para-hydroxylation sites is 1. The van der Waals surface area contributed by atoms with E-state index in [-0.39, 0.29) is 20.1 Å². The van der Waals surface area contributed by atoms with Gasteiger partial charge in [-0.2, -0.15) is 0 Å². The summed E-state index contributed by atoms with van der Waals surface area (Å²) >= 11 is 0. The molecule has 1 saturated carbocycles. The Kier molecular flexibility index (Phi) is 12.1. The second kappa shape index (κ2) is 17.4. The summed E-state index contributed by atoms with van der Waals surface area (Å²) in [5, 5.41) is 5.79.